The summed E-state index contributed by atoms with van der Waals surface area (Å²) in [5.41, 5.74) is 0.838. The van der Waals surface area contributed by atoms with Gasteiger partial charge in [0.25, 0.3) is 0 Å². The van der Waals surface area contributed by atoms with Gasteiger partial charge >= 0.3 is 11.9 Å². The van der Waals surface area contributed by atoms with Gasteiger partial charge in [-0.1, -0.05) is 27.5 Å². The highest BCUT2D eigenvalue weighted by atomic mass is 79.9. The van der Waals surface area contributed by atoms with E-state index in [9.17, 15) is 9.59 Å². The van der Waals surface area contributed by atoms with Crippen LogP contribution < -0.4 is 0 Å². The van der Waals surface area contributed by atoms with Gasteiger partial charge in [-0.25, -0.2) is 9.59 Å². The second-order valence-electron chi connectivity index (χ2n) is 3.35. The number of hydrogen-bond donors (Lipinski definition) is 1. The van der Waals surface area contributed by atoms with E-state index in [0.29, 0.717) is 20.6 Å². The Kier molecular flexibility index (Phi) is 2.90. The number of hydrogen-bond acceptors (Lipinski definition) is 3. The number of esters is 1. The van der Waals surface area contributed by atoms with Crippen LogP contribution >= 0.6 is 27.5 Å². The van der Waals surface area contributed by atoms with Crippen LogP contribution in [0, 0.1) is 0 Å². The van der Waals surface area contributed by atoms with Gasteiger partial charge in [0.2, 0.25) is 6.10 Å². The van der Waals surface area contributed by atoms with Crippen molar-refractivity contribution in [3.05, 3.63) is 32.8 Å². The number of halogens is 2. The third kappa shape index (κ3) is 1.92. The SMILES string of the molecule is O=C1OC(C(=O)O)Cc2c(Cl)cc(Br)cc21. The van der Waals surface area contributed by atoms with Gasteiger partial charge in [-0.15, -0.1) is 0 Å². The molecule has 1 heterocycles. The molecule has 0 spiro atoms. The fourth-order valence-electron chi connectivity index (χ4n) is 1.55. The summed E-state index contributed by atoms with van der Waals surface area (Å²) in [6, 6.07) is 3.19. The predicted molar refractivity (Wildman–Crippen MR) is 59.7 cm³/mol. The molecular weight excluding hydrogens is 299 g/mol. The summed E-state index contributed by atoms with van der Waals surface area (Å²) < 4.78 is 5.42. The smallest absolute Gasteiger partial charge is 0.345 e. The zero-order valence-electron chi connectivity index (χ0n) is 7.87. The summed E-state index contributed by atoms with van der Waals surface area (Å²) in [6.45, 7) is 0. The second kappa shape index (κ2) is 4.07. The van der Waals surface area contributed by atoms with Crippen molar-refractivity contribution in [2.75, 3.05) is 0 Å². The van der Waals surface area contributed by atoms with E-state index < -0.39 is 18.0 Å². The maximum absolute atomic E-state index is 11.5. The molecule has 1 unspecified atom stereocenters. The minimum Gasteiger partial charge on any atom is -0.478 e. The molecule has 1 aliphatic rings. The Hall–Kier alpha value is -1.07. The van der Waals surface area contributed by atoms with Gasteiger partial charge in [0.15, 0.2) is 0 Å². The molecule has 0 fully saturated rings. The largest absolute Gasteiger partial charge is 0.478 e. The average Bonchev–Trinajstić information content (AvgIpc) is 2.19. The number of carboxylic acid groups (broad SMARTS) is 1. The van der Waals surface area contributed by atoms with E-state index in [1.54, 1.807) is 12.1 Å². The molecular formula is C10H6BrClO4. The first kappa shape index (κ1) is 11.4. The zero-order chi connectivity index (χ0) is 11.9. The molecule has 16 heavy (non-hydrogen) atoms. The minimum absolute atomic E-state index is 0.0997. The van der Waals surface area contributed by atoms with Gasteiger partial charge in [-0.05, 0) is 17.7 Å². The number of carbonyl (C=O) groups is 2. The maximum atomic E-state index is 11.5. The van der Waals surface area contributed by atoms with Crippen LogP contribution in [0.5, 0.6) is 0 Å². The first-order chi connectivity index (χ1) is 7.49. The molecule has 0 bridgehead atoms. The monoisotopic (exact) mass is 304 g/mol. The van der Waals surface area contributed by atoms with Crippen LogP contribution in [0.4, 0.5) is 0 Å². The van der Waals surface area contributed by atoms with Gasteiger partial charge in [0.1, 0.15) is 0 Å². The first-order valence-corrected chi connectivity index (χ1v) is 5.58. The summed E-state index contributed by atoms with van der Waals surface area (Å²) in [5, 5.41) is 9.17. The fourth-order valence-corrected chi connectivity index (χ4v) is 2.44. The number of carboxylic acids is 1. The van der Waals surface area contributed by atoms with Crippen molar-refractivity contribution in [3.8, 4) is 0 Å². The Balaban J connectivity index is 2.50. The van der Waals surface area contributed by atoms with Crippen LogP contribution in [-0.4, -0.2) is 23.1 Å². The quantitative estimate of drug-likeness (QED) is 0.808. The van der Waals surface area contributed by atoms with E-state index in [-0.39, 0.29) is 6.42 Å². The van der Waals surface area contributed by atoms with Crippen LogP contribution in [0.15, 0.2) is 16.6 Å². The summed E-state index contributed by atoms with van der Waals surface area (Å²) in [4.78, 5) is 22.3. The Bertz CT molecular complexity index is 486. The van der Waals surface area contributed by atoms with Crippen molar-refractivity contribution in [2.45, 2.75) is 12.5 Å². The van der Waals surface area contributed by atoms with E-state index in [4.69, 9.17) is 21.4 Å². The van der Waals surface area contributed by atoms with Crippen molar-refractivity contribution in [2.24, 2.45) is 0 Å². The minimum atomic E-state index is -1.17. The number of carbonyl (C=O) groups excluding carboxylic acids is 1. The number of fused-ring (bicyclic) bond motifs is 1. The van der Waals surface area contributed by atoms with Gasteiger partial charge in [-0.3, -0.25) is 0 Å². The molecule has 0 saturated heterocycles. The van der Waals surface area contributed by atoms with Crippen molar-refractivity contribution in [1.82, 2.24) is 0 Å². The third-order valence-corrected chi connectivity index (χ3v) is 3.09. The van der Waals surface area contributed by atoms with Crippen LogP contribution in [0.1, 0.15) is 15.9 Å². The lowest BCUT2D eigenvalue weighted by atomic mass is 9.98. The van der Waals surface area contributed by atoms with Crippen LogP contribution in [0.25, 0.3) is 0 Å². The van der Waals surface area contributed by atoms with Crippen LogP contribution in [-0.2, 0) is 16.0 Å². The second-order valence-corrected chi connectivity index (χ2v) is 4.67. The highest BCUT2D eigenvalue weighted by Gasteiger charge is 2.32. The Morgan fingerprint density at radius 1 is 1.56 bits per heavy atom. The topological polar surface area (TPSA) is 63.6 Å². The van der Waals surface area contributed by atoms with Crippen molar-refractivity contribution >= 4 is 39.5 Å². The summed E-state index contributed by atoms with van der Waals surface area (Å²) in [7, 11) is 0. The Labute approximate surface area is 104 Å². The lowest BCUT2D eigenvalue weighted by Crippen LogP contribution is -2.34. The van der Waals surface area contributed by atoms with Gasteiger partial charge in [0.05, 0.1) is 5.56 Å². The molecule has 0 aliphatic carbocycles. The number of ether oxygens (including phenoxy) is 1. The molecule has 0 aromatic heterocycles. The summed E-state index contributed by atoms with van der Waals surface area (Å²) >= 11 is 9.16. The number of benzene rings is 1. The fraction of sp³-hybridized carbons (Fsp3) is 0.200. The molecule has 1 atom stereocenters. The predicted octanol–water partition coefficient (Wildman–Crippen LogP) is 2.27. The van der Waals surface area contributed by atoms with E-state index in [2.05, 4.69) is 15.9 Å². The molecule has 84 valence electrons. The molecule has 6 heteroatoms. The lowest BCUT2D eigenvalue weighted by molar-refractivity contribution is -0.147. The number of aliphatic carboxylic acids is 1. The first-order valence-electron chi connectivity index (χ1n) is 4.40. The van der Waals surface area contributed by atoms with E-state index in [1.165, 1.54) is 0 Å². The van der Waals surface area contributed by atoms with Crippen molar-refractivity contribution in [3.63, 3.8) is 0 Å². The molecule has 0 amide bonds. The normalized spacial score (nSPS) is 18.9. The van der Waals surface area contributed by atoms with E-state index in [1.807, 2.05) is 0 Å². The van der Waals surface area contributed by atoms with Gasteiger partial charge in [-0.2, -0.15) is 0 Å². The highest BCUT2D eigenvalue weighted by molar-refractivity contribution is 9.10. The Morgan fingerprint density at radius 2 is 2.25 bits per heavy atom. The van der Waals surface area contributed by atoms with Gasteiger partial charge < -0.3 is 9.84 Å². The Morgan fingerprint density at radius 3 is 2.88 bits per heavy atom. The lowest BCUT2D eigenvalue weighted by Gasteiger charge is -2.22. The van der Waals surface area contributed by atoms with Gasteiger partial charge in [0, 0.05) is 15.9 Å². The molecule has 1 aromatic rings. The van der Waals surface area contributed by atoms with E-state index >= 15 is 0 Å². The molecule has 1 aliphatic heterocycles. The summed E-state index contributed by atoms with van der Waals surface area (Å²) in [5.74, 6) is -1.82. The highest BCUT2D eigenvalue weighted by Crippen LogP contribution is 2.31. The molecule has 2 rings (SSSR count). The number of cyclic esters (lactones) is 1. The summed E-state index contributed by atoms with van der Waals surface area (Å²) in [6.07, 6.45) is -1.05. The zero-order valence-corrected chi connectivity index (χ0v) is 10.2. The van der Waals surface area contributed by atoms with Crippen LogP contribution in [0.3, 0.4) is 0 Å². The van der Waals surface area contributed by atoms with Crippen LogP contribution in [0.2, 0.25) is 5.02 Å². The molecule has 1 N–H and O–H groups in total. The molecule has 0 saturated carbocycles. The standard InChI is InChI=1S/C10H6BrClO4/c11-4-1-6-5(7(12)2-4)3-8(9(13)14)16-10(6)15/h1-2,8H,3H2,(H,13,14). The van der Waals surface area contributed by atoms with Crippen molar-refractivity contribution < 1.29 is 19.4 Å². The third-order valence-electron chi connectivity index (χ3n) is 2.29. The molecule has 1 aromatic carbocycles. The van der Waals surface area contributed by atoms with E-state index in [0.717, 1.165) is 0 Å². The number of rotatable bonds is 1. The molecule has 4 nitrogen and oxygen atoms in total. The molecule has 0 radical (unpaired) electrons. The average molecular weight is 306 g/mol. The maximum Gasteiger partial charge on any atom is 0.345 e. The van der Waals surface area contributed by atoms with Crippen molar-refractivity contribution in [1.29, 1.82) is 0 Å².